The lowest BCUT2D eigenvalue weighted by atomic mass is 10.1. The van der Waals surface area contributed by atoms with E-state index >= 15 is 0 Å². The van der Waals surface area contributed by atoms with Crippen LogP contribution in [-0.4, -0.2) is 38.9 Å². The number of aromatic nitrogens is 4. The lowest BCUT2D eigenvalue weighted by Crippen LogP contribution is -2.19. The SMILES string of the molecule is O=C1Cc2cnc(Nc3cnn(C4CCOCC4)c3)nc2-c2ccccc2N1. The number of nitrogens with one attached hydrogen (secondary N) is 2. The van der Waals surface area contributed by atoms with Crippen molar-refractivity contribution in [2.24, 2.45) is 0 Å². The topological polar surface area (TPSA) is 94.0 Å². The minimum Gasteiger partial charge on any atom is -0.381 e. The van der Waals surface area contributed by atoms with Crippen LogP contribution in [0, 0.1) is 0 Å². The van der Waals surface area contributed by atoms with Crippen LogP contribution >= 0.6 is 0 Å². The average molecular weight is 376 g/mol. The van der Waals surface area contributed by atoms with Crippen LogP contribution in [0.3, 0.4) is 0 Å². The molecule has 28 heavy (non-hydrogen) atoms. The van der Waals surface area contributed by atoms with Crippen molar-refractivity contribution in [2.45, 2.75) is 25.3 Å². The molecular formula is C20H20N6O2. The summed E-state index contributed by atoms with van der Waals surface area (Å²) in [4.78, 5) is 21.2. The van der Waals surface area contributed by atoms with Crippen molar-refractivity contribution < 1.29 is 9.53 Å². The van der Waals surface area contributed by atoms with Gasteiger partial charge in [-0.2, -0.15) is 5.10 Å². The number of carbonyl (C=O) groups excluding carboxylic acids is 1. The number of ether oxygens (including phenoxy) is 1. The second kappa shape index (κ2) is 7.05. The molecule has 1 saturated heterocycles. The van der Waals surface area contributed by atoms with E-state index in [0.717, 1.165) is 54.3 Å². The Morgan fingerprint density at radius 1 is 1.18 bits per heavy atom. The predicted molar refractivity (Wildman–Crippen MR) is 104 cm³/mol. The standard InChI is InChI=1S/C20H20N6O2/c27-18-9-13-10-21-20(25-19(13)16-3-1-2-4-17(16)24-18)23-14-11-22-26(12-14)15-5-7-28-8-6-15/h1-4,10-12,15H,5-9H2,(H,24,27)(H,21,23,25). The van der Waals surface area contributed by atoms with Crippen LogP contribution in [0.1, 0.15) is 24.4 Å². The van der Waals surface area contributed by atoms with Crippen LogP contribution in [0.2, 0.25) is 0 Å². The number of carbonyl (C=O) groups is 1. The zero-order valence-electron chi connectivity index (χ0n) is 15.3. The third-order valence-electron chi connectivity index (χ3n) is 5.09. The fraction of sp³-hybridized carbons (Fsp3) is 0.300. The number of anilines is 3. The van der Waals surface area contributed by atoms with Gasteiger partial charge in [-0.05, 0) is 18.9 Å². The number of rotatable bonds is 3. The molecule has 1 aromatic carbocycles. The molecule has 0 aliphatic carbocycles. The Morgan fingerprint density at radius 2 is 2.04 bits per heavy atom. The first-order valence-electron chi connectivity index (χ1n) is 9.40. The zero-order valence-corrected chi connectivity index (χ0v) is 15.3. The summed E-state index contributed by atoms with van der Waals surface area (Å²) >= 11 is 0. The van der Waals surface area contributed by atoms with E-state index in [1.807, 2.05) is 35.1 Å². The minimum atomic E-state index is -0.0618. The molecule has 8 heteroatoms. The number of nitrogens with zero attached hydrogens (tertiary/aromatic N) is 4. The maximum Gasteiger partial charge on any atom is 0.228 e. The molecule has 0 unspecified atom stereocenters. The number of benzene rings is 1. The molecule has 2 aromatic heterocycles. The van der Waals surface area contributed by atoms with Crippen molar-refractivity contribution in [1.82, 2.24) is 19.7 Å². The molecule has 0 atom stereocenters. The molecular weight excluding hydrogens is 356 g/mol. The van der Waals surface area contributed by atoms with Gasteiger partial charge in [-0.3, -0.25) is 9.48 Å². The predicted octanol–water partition coefficient (Wildman–Crippen LogP) is 2.93. The lowest BCUT2D eigenvalue weighted by Gasteiger charge is -2.22. The third-order valence-corrected chi connectivity index (χ3v) is 5.09. The summed E-state index contributed by atoms with van der Waals surface area (Å²) in [6, 6.07) is 8.04. The Balaban J connectivity index is 1.43. The quantitative estimate of drug-likeness (QED) is 0.730. The van der Waals surface area contributed by atoms with Gasteiger partial charge in [0, 0.05) is 36.7 Å². The molecule has 2 aliphatic rings. The van der Waals surface area contributed by atoms with E-state index in [-0.39, 0.29) is 12.3 Å². The Hall–Kier alpha value is -3.26. The Morgan fingerprint density at radius 3 is 2.93 bits per heavy atom. The van der Waals surface area contributed by atoms with E-state index in [1.54, 1.807) is 12.4 Å². The highest BCUT2D eigenvalue weighted by Gasteiger charge is 2.21. The number of fused-ring (bicyclic) bond motifs is 3. The van der Waals surface area contributed by atoms with Crippen molar-refractivity contribution in [2.75, 3.05) is 23.8 Å². The summed E-state index contributed by atoms with van der Waals surface area (Å²) in [5.41, 5.74) is 4.08. The molecule has 2 N–H and O–H groups in total. The van der Waals surface area contributed by atoms with Crippen LogP contribution in [0.5, 0.6) is 0 Å². The van der Waals surface area contributed by atoms with Crippen molar-refractivity contribution in [3.63, 3.8) is 0 Å². The van der Waals surface area contributed by atoms with Crippen molar-refractivity contribution in [3.05, 3.63) is 48.4 Å². The van der Waals surface area contributed by atoms with E-state index in [9.17, 15) is 4.79 Å². The zero-order chi connectivity index (χ0) is 18.9. The average Bonchev–Trinajstić information content (AvgIpc) is 3.13. The Labute approximate surface area is 162 Å². The smallest absolute Gasteiger partial charge is 0.228 e. The maximum atomic E-state index is 12.1. The third kappa shape index (κ3) is 3.22. The summed E-state index contributed by atoms with van der Waals surface area (Å²) in [6.07, 6.45) is 7.66. The van der Waals surface area contributed by atoms with Crippen LogP contribution in [0.25, 0.3) is 11.3 Å². The summed E-state index contributed by atoms with van der Waals surface area (Å²) in [5.74, 6) is 0.419. The normalized spacial score (nSPS) is 16.6. The monoisotopic (exact) mass is 376 g/mol. The van der Waals surface area contributed by atoms with Gasteiger partial charge in [0.25, 0.3) is 0 Å². The van der Waals surface area contributed by atoms with Gasteiger partial charge in [-0.25, -0.2) is 9.97 Å². The van der Waals surface area contributed by atoms with Gasteiger partial charge < -0.3 is 15.4 Å². The van der Waals surface area contributed by atoms with E-state index < -0.39 is 0 Å². The van der Waals surface area contributed by atoms with E-state index in [1.165, 1.54) is 0 Å². The first-order valence-corrected chi connectivity index (χ1v) is 9.40. The summed E-state index contributed by atoms with van der Waals surface area (Å²) in [5, 5.41) is 10.6. The van der Waals surface area contributed by atoms with Gasteiger partial charge >= 0.3 is 0 Å². The van der Waals surface area contributed by atoms with Gasteiger partial charge in [0.05, 0.1) is 35.7 Å². The highest BCUT2D eigenvalue weighted by Crippen LogP contribution is 2.33. The molecule has 1 amide bonds. The van der Waals surface area contributed by atoms with Crippen LogP contribution < -0.4 is 10.6 Å². The fourth-order valence-corrected chi connectivity index (χ4v) is 3.68. The molecule has 4 heterocycles. The highest BCUT2D eigenvalue weighted by atomic mass is 16.5. The van der Waals surface area contributed by atoms with Crippen molar-refractivity contribution >= 4 is 23.2 Å². The number of hydrogen-bond donors (Lipinski definition) is 2. The molecule has 2 aliphatic heterocycles. The molecule has 5 rings (SSSR count). The second-order valence-corrected chi connectivity index (χ2v) is 7.02. The van der Waals surface area contributed by atoms with Crippen LogP contribution in [0.15, 0.2) is 42.9 Å². The Kier molecular flexibility index (Phi) is 4.25. The van der Waals surface area contributed by atoms with Gasteiger partial charge in [0.2, 0.25) is 11.9 Å². The number of hydrogen-bond acceptors (Lipinski definition) is 6. The van der Waals surface area contributed by atoms with Crippen molar-refractivity contribution in [3.8, 4) is 11.3 Å². The van der Waals surface area contributed by atoms with E-state index in [0.29, 0.717) is 12.0 Å². The van der Waals surface area contributed by atoms with Gasteiger partial charge in [0.1, 0.15) is 0 Å². The molecule has 0 spiro atoms. The molecule has 142 valence electrons. The van der Waals surface area contributed by atoms with E-state index in [2.05, 4.69) is 20.7 Å². The summed E-state index contributed by atoms with van der Waals surface area (Å²) in [7, 11) is 0. The molecule has 0 radical (unpaired) electrons. The molecule has 1 fully saturated rings. The first kappa shape index (κ1) is 16.9. The highest BCUT2D eigenvalue weighted by molar-refractivity contribution is 5.99. The van der Waals surface area contributed by atoms with Crippen molar-refractivity contribution in [1.29, 1.82) is 0 Å². The minimum absolute atomic E-state index is 0.0618. The van der Waals surface area contributed by atoms with Gasteiger partial charge in [-0.15, -0.1) is 0 Å². The first-order chi connectivity index (χ1) is 13.8. The van der Waals surface area contributed by atoms with Crippen LogP contribution in [0.4, 0.5) is 17.3 Å². The molecule has 0 saturated carbocycles. The van der Waals surface area contributed by atoms with Crippen LogP contribution in [-0.2, 0) is 16.0 Å². The number of amides is 1. The fourth-order valence-electron chi connectivity index (χ4n) is 3.68. The molecule has 8 nitrogen and oxygen atoms in total. The maximum absolute atomic E-state index is 12.1. The van der Waals surface area contributed by atoms with Gasteiger partial charge in [-0.1, -0.05) is 18.2 Å². The molecule has 3 aromatic rings. The Bertz CT molecular complexity index is 1030. The lowest BCUT2D eigenvalue weighted by molar-refractivity contribution is -0.115. The summed E-state index contributed by atoms with van der Waals surface area (Å²) < 4.78 is 7.40. The number of para-hydroxylation sites is 1. The summed E-state index contributed by atoms with van der Waals surface area (Å²) in [6.45, 7) is 1.54. The molecule has 0 bridgehead atoms. The second-order valence-electron chi connectivity index (χ2n) is 7.02. The van der Waals surface area contributed by atoms with Gasteiger partial charge in [0.15, 0.2) is 0 Å². The largest absolute Gasteiger partial charge is 0.381 e. The van der Waals surface area contributed by atoms with E-state index in [4.69, 9.17) is 9.72 Å².